The van der Waals surface area contributed by atoms with E-state index in [1.165, 1.54) is 28.4 Å². The van der Waals surface area contributed by atoms with Gasteiger partial charge in [-0.05, 0) is 42.8 Å². The number of anilines is 2. The van der Waals surface area contributed by atoms with E-state index in [4.69, 9.17) is 0 Å². The van der Waals surface area contributed by atoms with Crippen molar-refractivity contribution in [1.82, 2.24) is 4.98 Å². The first-order valence-corrected chi connectivity index (χ1v) is 12.3. The lowest BCUT2D eigenvalue weighted by atomic mass is 10.1. The van der Waals surface area contributed by atoms with Crippen molar-refractivity contribution in [1.29, 1.82) is 0 Å². The molecule has 1 aromatic heterocycles. The summed E-state index contributed by atoms with van der Waals surface area (Å²) in [5, 5.41) is 0.426. The molecule has 1 saturated heterocycles. The summed E-state index contributed by atoms with van der Waals surface area (Å²) >= 11 is 1.74. The highest BCUT2D eigenvalue weighted by Gasteiger charge is 2.37. The van der Waals surface area contributed by atoms with E-state index in [1.54, 1.807) is 12.1 Å². The molecule has 152 valence electrons. The van der Waals surface area contributed by atoms with Crippen LogP contribution >= 0.6 is 23.1 Å². The molecule has 0 aliphatic carbocycles. The summed E-state index contributed by atoms with van der Waals surface area (Å²) in [6.45, 7) is 0. The average molecular weight is 455 g/mol. The molecule has 1 fully saturated rings. The fourth-order valence-corrected chi connectivity index (χ4v) is 6.46. The van der Waals surface area contributed by atoms with Gasteiger partial charge >= 0.3 is 0 Å². The van der Waals surface area contributed by atoms with Crippen LogP contribution in [0.1, 0.15) is 6.42 Å². The standard InChI is InChI=1S/C19H16F2N2O3S3/c20-18(21)27-14-7-5-13(6-8-14)23(17(24)12-9-10-29(25,26)11-12)19-22-15-3-1-2-4-16(15)28-19/h1-8,12,18H,9-11H2/t12-/m0/s1. The molecule has 2 aromatic carbocycles. The molecule has 0 radical (unpaired) electrons. The quantitative estimate of drug-likeness (QED) is 0.523. The van der Waals surface area contributed by atoms with E-state index in [9.17, 15) is 22.0 Å². The van der Waals surface area contributed by atoms with Crippen LogP contribution in [0, 0.1) is 5.92 Å². The number of thioether (sulfide) groups is 1. The Labute approximate surface area is 174 Å². The summed E-state index contributed by atoms with van der Waals surface area (Å²) in [6, 6.07) is 13.6. The Morgan fingerprint density at radius 1 is 1.17 bits per heavy atom. The molecule has 0 unspecified atom stereocenters. The summed E-state index contributed by atoms with van der Waals surface area (Å²) in [7, 11) is -3.23. The molecule has 1 amide bonds. The Morgan fingerprint density at radius 2 is 1.90 bits per heavy atom. The van der Waals surface area contributed by atoms with E-state index in [0.717, 1.165) is 10.2 Å². The smallest absolute Gasteiger partial charge is 0.274 e. The van der Waals surface area contributed by atoms with Crippen LogP contribution in [0.2, 0.25) is 0 Å². The number of carbonyl (C=O) groups is 1. The van der Waals surface area contributed by atoms with Gasteiger partial charge < -0.3 is 0 Å². The number of fused-ring (bicyclic) bond motifs is 1. The lowest BCUT2D eigenvalue weighted by molar-refractivity contribution is -0.120. The van der Waals surface area contributed by atoms with E-state index in [-0.39, 0.29) is 23.8 Å². The van der Waals surface area contributed by atoms with Crippen molar-refractivity contribution in [3.63, 3.8) is 0 Å². The number of para-hydroxylation sites is 1. The Balaban J connectivity index is 1.73. The van der Waals surface area contributed by atoms with Crippen LogP contribution in [-0.2, 0) is 14.6 Å². The molecule has 29 heavy (non-hydrogen) atoms. The molecular formula is C19H16F2N2O3S3. The van der Waals surface area contributed by atoms with E-state index < -0.39 is 21.5 Å². The van der Waals surface area contributed by atoms with Crippen LogP contribution in [0.4, 0.5) is 19.6 Å². The van der Waals surface area contributed by atoms with Gasteiger partial charge in [0.1, 0.15) is 0 Å². The Kier molecular flexibility index (Phi) is 5.58. The van der Waals surface area contributed by atoms with Gasteiger partial charge in [0.05, 0.1) is 33.3 Å². The van der Waals surface area contributed by atoms with Crippen molar-refractivity contribution >= 4 is 59.9 Å². The molecule has 1 atom stereocenters. The zero-order chi connectivity index (χ0) is 20.6. The summed E-state index contributed by atoms with van der Waals surface area (Å²) < 4.78 is 49.8. The zero-order valence-corrected chi connectivity index (χ0v) is 17.4. The third-order valence-corrected chi connectivity index (χ3v) is 8.11. The van der Waals surface area contributed by atoms with Crippen LogP contribution in [0.3, 0.4) is 0 Å². The topological polar surface area (TPSA) is 67.3 Å². The van der Waals surface area contributed by atoms with Gasteiger partial charge in [-0.2, -0.15) is 8.78 Å². The van der Waals surface area contributed by atoms with E-state index in [0.29, 0.717) is 27.5 Å². The molecule has 0 bridgehead atoms. The number of rotatable bonds is 5. The first kappa shape index (κ1) is 20.2. The van der Waals surface area contributed by atoms with Crippen molar-refractivity contribution in [2.45, 2.75) is 17.1 Å². The molecule has 2 heterocycles. The minimum atomic E-state index is -3.23. The molecule has 4 rings (SSSR count). The fraction of sp³-hybridized carbons (Fsp3) is 0.263. The second-order valence-corrected chi connectivity index (χ2v) is 10.9. The summed E-state index contributed by atoms with van der Waals surface area (Å²) in [6.07, 6.45) is 0.266. The number of alkyl halides is 2. The number of hydrogen-bond acceptors (Lipinski definition) is 6. The zero-order valence-electron chi connectivity index (χ0n) is 15.0. The number of hydrogen-bond donors (Lipinski definition) is 0. The SMILES string of the molecule is O=C([C@H]1CCS(=O)(=O)C1)N(c1ccc(SC(F)F)cc1)c1nc2ccccc2s1. The van der Waals surface area contributed by atoms with E-state index in [2.05, 4.69) is 4.98 Å². The predicted molar refractivity (Wildman–Crippen MR) is 112 cm³/mol. The molecule has 1 aliphatic rings. The number of carbonyl (C=O) groups excluding carboxylic acids is 1. The normalized spacial score (nSPS) is 18.4. The van der Waals surface area contributed by atoms with Crippen molar-refractivity contribution in [2.24, 2.45) is 5.92 Å². The lowest BCUT2D eigenvalue weighted by Crippen LogP contribution is -2.33. The van der Waals surface area contributed by atoms with E-state index >= 15 is 0 Å². The fourth-order valence-electron chi connectivity index (χ4n) is 3.24. The summed E-state index contributed by atoms with van der Waals surface area (Å²) in [4.78, 5) is 19.6. The van der Waals surface area contributed by atoms with Crippen molar-refractivity contribution in [3.8, 4) is 0 Å². The number of thiazole rings is 1. The highest BCUT2D eigenvalue weighted by atomic mass is 32.2. The lowest BCUT2D eigenvalue weighted by Gasteiger charge is -2.23. The molecule has 0 saturated carbocycles. The molecule has 5 nitrogen and oxygen atoms in total. The summed E-state index contributed by atoms with van der Waals surface area (Å²) in [5.74, 6) is -3.73. The monoisotopic (exact) mass is 454 g/mol. The highest BCUT2D eigenvalue weighted by Crippen LogP contribution is 2.37. The number of sulfone groups is 1. The summed E-state index contributed by atoms with van der Waals surface area (Å²) in [5.41, 5.74) is 1.20. The largest absolute Gasteiger partial charge is 0.288 e. The molecule has 3 aromatic rings. The molecule has 0 spiro atoms. The maximum Gasteiger partial charge on any atom is 0.288 e. The van der Waals surface area contributed by atoms with Crippen molar-refractivity contribution in [3.05, 3.63) is 48.5 Å². The second kappa shape index (κ2) is 8.00. The minimum Gasteiger partial charge on any atom is -0.274 e. The van der Waals surface area contributed by atoms with Gasteiger partial charge in [0.2, 0.25) is 5.91 Å². The van der Waals surface area contributed by atoms with Gasteiger partial charge in [-0.25, -0.2) is 13.4 Å². The van der Waals surface area contributed by atoms with Gasteiger partial charge in [-0.3, -0.25) is 9.69 Å². The van der Waals surface area contributed by atoms with Crippen LogP contribution in [0.25, 0.3) is 10.2 Å². The number of halogens is 2. The van der Waals surface area contributed by atoms with Gasteiger partial charge in [-0.1, -0.05) is 35.2 Å². The van der Waals surface area contributed by atoms with Crippen LogP contribution in [0.5, 0.6) is 0 Å². The molecule has 0 N–H and O–H groups in total. The van der Waals surface area contributed by atoms with Crippen LogP contribution < -0.4 is 4.90 Å². The first-order valence-electron chi connectivity index (χ1n) is 8.77. The van der Waals surface area contributed by atoms with Gasteiger partial charge in [0.15, 0.2) is 15.0 Å². The third kappa shape index (κ3) is 4.44. The molecular weight excluding hydrogens is 438 g/mol. The Morgan fingerprint density at radius 3 is 2.52 bits per heavy atom. The number of nitrogens with zero attached hydrogens (tertiary/aromatic N) is 2. The predicted octanol–water partition coefficient (Wildman–Crippen LogP) is 4.71. The average Bonchev–Trinajstić information content (AvgIpc) is 3.25. The second-order valence-electron chi connectivity index (χ2n) is 6.61. The van der Waals surface area contributed by atoms with Crippen molar-refractivity contribution in [2.75, 3.05) is 16.4 Å². The molecule has 1 aliphatic heterocycles. The minimum absolute atomic E-state index is 0.0128. The number of amides is 1. The van der Waals surface area contributed by atoms with Gasteiger partial charge in [-0.15, -0.1) is 0 Å². The maximum absolute atomic E-state index is 13.3. The first-order chi connectivity index (χ1) is 13.8. The number of benzene rings is 2. The third-order valence-electron chi connectivity index (χ3n) is 4.60. The Bertz CT molecular complexity index is 1110. The van der Waals surface area contributed by atoms with Gasteiger partial charge in [0, 0.05) is 4.90 Å². The molecule has 10 heteroatoms. The number of aromatic nitrogens is 1. The van der Waals surface area contributed by atoms with E-state index in [1.807, 2.05) is 24.3 Å². The van der Waals surface area contributed by atoms with Crippen LogP contribution in [0.15, 0.2) is 53.4 Å². The van der Waals surface area contributed by atoms with Crippen LogP contribution in [-0.4, -0.2) is 36.6 Å². The van der Waals surface area contributed by atoms with Crippen molar-refractivity contribution < 1.29 is 22.0 Å². The maximum atomic E-state index is 13.3. The van der Waals surface area contributed by atoms with Gasteiger partial charge in [0.25, 0.3) is 5.76 Å². The Hall–Kier alpha value is -2.04. The highest BCUT2D eigenvalue weighted by molar-refractivity contribution is 7.99.